The predicted molar refractivity (Wildman–Crippen MR) is 69.2 cm³/mol. The maximum absolute atomic E-state index is 12.9. The number of carbonyl (C=O) groups is 1. The van der Waals surface area contributed by atoms with Gasteiger partial charge in [-0.15, -0.1) is 0 Å². The summed E-state index contributed by atoms with van der Waals surface area (Å²) < 4.78 is 43.6. The summed E-state index contributed by atoms with van der Waals surface area (Å²) >= 11 is 0. The molecule has 4 N–H and O–H groups in total. The molecule has 0 saturated heterocycles. The van der Waals surface area contributed by atoms with E-state index in [1.54, 1.807) is 13.8 Å². The Kier molecular flexibility index (Phi) is 5.01. The van der Waals surface area contributed by atoms with E-state index in [1.165, 1.54) is 6.07 Å². The Hall–Kier alpha value is -2.45. The van der Waals surface area contributed by atoms with Crippen LogP contribution in [0.1, 0.15) is 25.0 Å². The van der Waals surface area contributed by atoms with Gasteiger partial charge in [-0.1, -0.05) is 5.16 Å². The molecule has 21 heavy (non-hydrogen) atoms. The van der Waals surface area contributed by atoms with E-state index in [9.17, 15) is 18.0 Å². The number of carbonyl (C=O) groups excluding carboxylic acids is 1. The molecule has 0 spiro atoms. The van der Waals surface area contributed by atoms with Gasteiger partial charge in [0, 0.05) is 11.3 Å². The third-order valence-electron chi connectivity index (χ3n) is 2.30. The van der Waals surface area contributed by atoms with Gasteiger partial charge in [-0.3, -0.25) is 5.32 Å². The molecule has 1 aromatic carbocycles. The van der Waals surface area contributed by atoms with Gasteiger partial charge in [0.25, 0.3) is 0 Å². The maximum atomic E-state index is 12.9. The minimum atomic E-state index is -4.73. The monoisotopic (exact) mass is 305 g/mol. The molecule has 0 aliphatic carbocycles. The Morgan fingerprint density at radius 3 is 2.52 bits per heavy atom. The molecule has 0 aromatic heterocycles. The fourth-order valence-electron chi connectivity index (χ4n) is 1.50. The number of nitrogens with zero attached hydrogens (tertiary/aromatic N) is 1. The first-order valence-corrected chi connectivity index (χ1v) is 5.82. The molecule has 0 unspecified atom stereocenters. The first kappa shape index (κ1) is 16.6. The second-order valence-corrected chi connectivity index (χ2v) is 4.32. The first-order chi connectivity index (χ1) is 9.65. The molecule has 0 radical (unpaired) electrons. The van der Waals surface area contributed by atoms with Crippen molar-refractivity contribution in [2.75, 3.05) is 5.32 Å². The van der Waals surface area contributed by atoms with Crippen LogP contribution in [0.2, 0.25) is 0 Å². The minimum Gasteiger partial charge on any atom is -0.447 e. The molecule has 1 amide bonds. The summed E-state index contributed by atoms with van der Waals surface area (Å²) in [5.41, 5.74) is 3.44. The number of benzene rings is 1. The van der Waals surface area contributed by atoms with Crippen LogP contribution in [-0.2, 0) is 10.9 Å². The number of nitrogens with one attached hydrogen (secondary N) is 1. The molecule has 0 fully saturated rings. The number of ether oxygens (including phenoxy) is 1. The van der Waals surface area contributed by atoms with Crippen LogP contribution in [0.15, 0.2) is 23.4 Å². The predicted octanol–water partition coefficient (Wildman–Crippen LogP) is 2.76. The average molecular weight is 305 g/mol. The summed E-state index contributed by atoms with van der Waals surface area (Å²) in [6.45, 7) is 3.20. The van der Waals surface area contributed by atoms with Crippen molar-refractivity contribution in [1.82, 2.24) is 0 Å². The van der Waals surface area contributed by atoms with Crippen LogP contribution < -0.4 is 11.1 Å². The van der Waals surface area contributed by atoms with Gasteiger partial charge >= 0.3 is 12.3 Å². The zero-order valence-electron chi connectivity index (χ0n) is 11.2. The topological polar surface area (TPSA) is 96.9 Å². The number of hydrogen-bond acceptors (Lipinski definition) is 4. The van der Waals surface area contributed by atoms with Crippen LogP contribution in [0.25, 0.3) is 0 Å². The van der Waals surface area contributed by atoms with E-state index in [2.05, 4.69) is 10.5 Å². The van der Waals surface area contributed by atoms with Gasteiger partial charge in [-0.05, 0) is 32.0 Å². The summed E-state index contributed by atoms with van der Waals surface area (Å²) in [6, 6.07) is 2.85. The largest absolute Gasteiger partial charge is 0.447 e. The number of oxime groups is 1. The minimum absolute atomic E-state index is 0.123. The summed E-state index contributed by atoms with van der Waals surface area (Å²) in [5.74, 6) is -0.682. The van der Waals surface area contributed by atoms with E-state index >= 15 is 0 Å². The van der Waals surface area contributed by atoms with Gasteiger partial charge in [-0.25, -0.2) is 4.79 Å². The second-order valence-electron chi connectivity index (χ2n) is 4.32. The van der Waals surface area contributed by atoms with Crippen molar-refractivity contribution in [3.63, 3.8) is 0 Å². The van der Waals surface area contributed by atoms with Crippen LogP contribution in [0.5, 0.6) is 0 Å². The number of rotatable bonds is 3. The van der Waals surface area contributed by atoms with Gasteiger partial charge in [-0.2, -0.15) is 13.2 Å². The molecule has 1 rings (SSSR count). The number of nitrogens with two attached hydrogens (primary N) is 1. The molecule has 0 saturated carbocycles. The van der Waals surface area contributed by atoms with Crippen molar-refractivity contribution < 1.29 is 27.9 Å². The lowest BCUT2D eigenvalue weighted by Gasteiger charge is -2.15. The standard InChI is InChI=1S/C12H14F3N3O3/c1-6(2)21-11(19)17-7-3-4-8(10(16)18-20)9(5-7)12(13,14)15/h3-6,20H,1-2H3,(H2,16,18)(H,17,19). The fourth-order valence-corrected chi connectivity index (χ4v) is 1.50. The quantitative estimate of drug-likeness (QED) is 0.346. The van der Waals surface area contributed by atoms with Crippen molar-refractivity contribution in [2.45, 2.75) is 26.1 Å². The van der Waals surface area contributed by atoms with Crippen molar-refractivity contribution in [3.8, 4) is 0 Å². The number of amides is 1. The van der Waals surface area contributed by atoms with Crippen LogP contribution in [-0.4, -0.2) is 23.2 Å². The van der Waals surface area contributed by atoms with Crippen LogP contribution in [0, 0.1) is 0 Å². The van der Waals surface area contributed by atoms with E-state index < -0.39 is 35.3 Å². The van der Waals surface area contributed by atoms with E-state index in [1.807, 2.05) is 0 Å². The molecule has 0 aliphatic rings. The Balaban J connectivity index is 3.14. The highest BCUT2D eigenvalue weighted by Crippen LogP contribution is 2.33. The maximum Gasteiger partial charge on any atom is 0.417 e. The highest BCUT2D eigenvalue weighted by Gasteiger charge is 2.34. The lowest BCUT2D eigenvalue weighted by Crippen LogP contribution is -2.22. The van der Waals surface area contributed by atoms with Gasteiger partial charge in [0.15, 0.2) is 5.84 Å². The Morgan fingerprint density at radius 1 is 1.43 bits per heavy atom. The van der Waals surface area contributed by atoms with E-state index in [-0.39, 0.29) is 5.69 Å². The third kappa shape index (κ3) is 4.55. The molecule has 0 atom stereocenters. The number of alkyl halides is 3. The average Bonchev–Trinajstić information content (AvgIpc) is 2.35. The molecule has 0 bridgehead atoms. The zero-order chi connectivity index (χ0) is 16.2. The van der Waals surface area contributed by atoms with Crippen LogP contribution in [0.3, 0.4) is 0 Å². The van der Waals surface area contributed by atoms with Crippen molar-refractivity contribution in [3.05, 3.63) is 29.3 Å². The summed E-state index contributed by atoms with van der Waals surface area (Å²) in [7, 11) is 0. The molecule has 0 aliphatic heterocycles. The number of anilines is 1. The second kappa shape index (κ2) is 6.33. The van der Waals surface area contributed by atoms with Gasteiger partial charge in [0.1, 0.15) is 0 Å². The smallest absolute Gasteiger partial charge is 0.417 e. The number of amidine groups is 1. The molecule has 1 aromatic rings. The van der Waals surface area contributed by atoms with Crippen molar-refractivity contribution in [2.24, 2.45) is 10.9 Å². The molecular formula is C12H14F3N3O3. The fraction of sp³-hybridized carbons (Fsp3) is 0.333. The van der Waals surface area contributed by atoms with Gasteiger partial charge < -0.3 is 15.7 Å². The number of hydrogen-bond donors (Lipinski definition) is 3. The van der Waals surface area contributed by atoms with Crippen LogP contribution >= 0.6 is 0 Å². The van der Waals surface area contributed by atoms with Gasteiger partial charge in [0.05, 0.1) is 11.7 Å². The zero-order valence-corrected chi connectivity index (χ0v) is 11.2. The normalized spacial score (nSPS) is 12.4. The highest BCUT2D eigenvalue weighted by molar-refractivity contribution is 5.99. The summed E-state index contributed by atoms with van der Waals surface area (Å²) in [4.78, 5) is 11.4. The van der Waals surface area contributed by atoms with Crippen molar-refractivity contribution >= 4 is 17.6 Å². The third-order valence-corrected chi connectivity index (χ3v) is 2.30. The molecule has 6 nitrogen and oxygen atoms in total. The molecular weight excluding hydrogens is 291 g/mol. The van der Waals surface area contributed by atoms with Crippen LogP contribution in [0.4, 0.5) is 23.7 Å². The van der Waals surface area contributed by atoms with E-state index in [0.29, 0.717) is 6.07 Å². The molecule has 9 heteroatoms. The van der Waals surface area contributed by atoms with E-state index in [4.69, 9.17) is 15.7 Å². The summed E-state index contributed by atoms with van der Waals surface area (Å²) in [5, 5.41) is 13.2. The lowest BCUT2D eigenvalue weighted by atomic mass is 10.1. The Bertz CT molecular complexity index is 556. The Morgan fingerprint density at radius 2 is 2.05 bits per heavy atom. The number of halogens is 3. The molecule has 0 heterocycles. The highest BCUT2D eigenvalue weighted by atomic mass is 19.4. The Labute approximate surface area is 118 Å². The first-order valence-electron chi connectivity index (χ1n) is 5.82. The summed E-state index contributed by atoms with van der Waals surface area (Å²) in [6.07, 6.45) is -6.03. The van der Waals surface area contributed by atoms with Gasteiger partial charge in [0.2, 0.25) is 0 Å². The van der Waals surface area contributed by atoms with E-state index in [0.717, 1.165) is 6.07 Å². The lowest BCUT2D eigenvalue weighted by molar-refractivity contribution is -0.137. The SMILES string of the molecule is CC(C)OC(=O)Nc1ccc(C(N)=NO)c(C(F)(F)F)c1. The molecule has 116 valence electrons. The van der Waals surface area contributed by atoms with Crippen molar-refractivity contribution in [1.29, 1.82) is 0 Å².